The molecule has 0 saturated carbocycles. The summed E-state index contributed by atoms with van der Waals surface area (Å²) in [5.41, 5.74) is 1.90. The zero-order valence-corrected chi connectivity index (χ0v) is 10.1. The molecular weight excluding hydrogens is 301 g/mol. The van der Waals surface area contributed by atoms with Crippen molar-refractivity contribution in [2.24, 2.45) is 0 Å². The Morgan fingerprint density at radius 3 is 2.33 bits per heavy atom. The van der Waals surface area contributed by atoms with Crippen LogP contribution in [0, 0.1) is 3.57 Å². The highest BCUT2D eigenvalue weighted by molar-refractivity contribution is 14.1. The van der Waals surface area contributed by atoms with Gasteiger partial charge in [0.2, 0.25) is 0 Å². The fourth-order valence-corrected chi connectivity index (χ4v) is 1.64. The zero-order valence-electron chi connectivity index (χ0n) is 7.94. The second-order valence-corrected chi connectivity index (χ2v) is 4.43. The van der Waals surface area contributed by atoms with E-state index in [-0.39, 0.29) is 5.75 Å². The molecule has 0 heterocycles. The molecule has 2 aromatic carbocycles. The quantitative estimate of drug-likeness (QED) is 0.828. The third-order valence-electron chi connectivity index (χ3n) is 1.98. The molecule has 0 aliphatic heterocycles. The van der Waals surface area contributed by atoms with Gasteiger partial charge in [0.1, 0.15) is 5.75 Å². The van der Waals surface area contributed by atoms with Crippen LogP contribution >= 0.6 is 22.6 Å². The summed E-state index contributed by atoms with van der Waals surface area (Å²) in [5.74, 6) is 0.269. The Bertz CT molecular complexity index is 453. The number of anilines is 2. The van der Waals surface area contributed by atoms with Gasteiger partial charge in [-0.25, -0.2) is 0 Å². The first kappa shape index (κ1) is 10.3. The molecular formula is C12H10INO. The summed E-state index contributed by atoms with van der Waals surface area (Å²) in [6, 6.07) is 15.1. The lowest BCUT2D eigenvalue weighted by atomic mass is 10.2. The SMILES string of the molecule is Oc1cccc(Nc2ccc(I)cc2)c1. The molecule has 2 N–H and O–H groups in total. The molecule has 2 aromatic rings. The Balaban J connectivity index is 2.18. The second kappa shape index (κ2) is 4.53. The van der Waals surface area contributed by atoms with Gasteiger partial charge < -0.3 is 10.4 Å². The lowest BCUT2D eigenvalue weighted by molar-refractivity contribution is 0.475. The third-order valence-corrected chi connectivity index (χ3v) is 2.70. The Morgan fingerprint density at radius 1 is 0.933 bits per heavy atom. The van der Waals surface area contributed by atoms with E-state index in [1.54, 1.807) is 12.1 Å². The summed E-state index contributed by atoms with van der Waals surface area (Å²) >= 11 is 2.27. The average molecular weight is 311 g/mol. The first-order valence-corrected chi connectivity index (χ1v) is 5.63. The predicted octanol–water partition coefficient (Wildman–Crippen LogP) is 3.74. The maximum absolute atomic E-state index is 9.29. The van der Waals surface area contributed by atoms with Gasteiger partial charge in [0, 0.05) is 21.0 Å². The maximum atomic E-state index is 9.29. The Hall–Kier alpha value is -1.23. The van der Waals surface area contributed by atoms with Gasteiger partial charge in [0.25, 0.3) is 0 Å². The molecule has 2 rings (SSSR count). The molecule has 0 bridgehead atoms. The zero-order chi connectivity index (χ0) is 10.7. The normalized spacial score (nSPS) is 9.93. The van der Waals surface area contributed by atoms with Crippen LogP contribution in [0.5, 0.6) is 5.75 Å². The standard InChI is InChI=1S/C12H10INO/c13-9-4-6-10(7-5-9)14-11-2-1-3-12(15)8-11/h1-8,14-15H. The van der Waals surface area contributed by atoms with E-state index in [1.807, 2.05) is 36.4 Å². The van der Waals surface area contributed by atoms with Crippen LogP contribution in [0.3, 0.4) is 0 Å². The highest BCUT2D eigenvalue weighted by Crippen LogP contribution is 2.20. The van der Waals surface area contributed by atoms with Crippen LogP contribution in [0.1, 0.15) is 0 Å². The summed E-state index contributed by atoms with van der Waals surface area (Å²) < 4.78 is 1.20. The van der Waals surface area contributed by atoms with Gasteiger partial charge in [-0.15, -0.1) is 0 Å². The molecule has 0 aliphatic carbocycles. The molecule has 0 unspecified atom stereocenters. The number of phenolic OH excluding ortho intramolecular Hbond substituents is 1. The minimum atomic E-state index is 0.269. The first-order chi connectivity index (χ1) is 7.24. The third kappa shape index (κ3) is 2.86. The Labute approximate surface area is 102 Å². The predicted molar refractivity (Wildman–Crippen MR) is 70.5 cm³/mol. The van der Waals surface area contributed by atoms with Crippen LogP contribution < -0.4 is 5.32 Å². The second-order valence-electron chi connectivity index (χ2n) is 3.18. The lowest BCUT2D eigenvalue weighted by Crippen LogP contribution is -1.89. The Morgan fingerprint density at radius 2 is 1.67 bits per heavy atom. The number of nitrogens with one attached hydrogen (secondary N) is 1. The number of aromatic hydroxyl groups is 1. The van der Waals surface area contributed by atoms with Crippen LogP contribution in [0.4, 0.5) is 11.4 Å². The Kier molecular flexibility index (Phi) is 3.11. The van der Waals surface area contributed by atoms with E-state index in [9.17, 15) is 5.11 Å². The number of halogens is 1. The number of hydrogen-bond acceptors (Lipinski definition) is 2. The molecule has 0 aromatic heterocycles. The van der Waals surface area contributed by atoms with Gasteiger partial charge in [0.05, 0.1) is 0 Å². The molecule has 15 heavy (non-hydrogen) atoms. The number of benzene rings is 2. The fourth-order valence-electron chi connectivity index (χ4n) is 1.28. The topological polar surface area (TPSA) is 32.3 Å². The van der Waals surface area contributed by atoms with Crippen LogP contribution in [0.25, 0.3) is 0 Å². The van der Waals surface area contributed by atoms with E-state index in [4.69, 9.17) is 0 Å². The van der Waals surface area contributed by atoms with Gasteiger partial charge in [-0.2, -0.15) is 0 Å². The van der Waals surface area contributed by atoms with E-state index in [2.05, 4.69) is 27.9 Å². The van der Waals surface area contributed by atoms with Gasteiger partial charge >= 0.3 is 0 Å². The van der Waals surface area contributed by atoms with E-state index in [0.29, 0.717) is 0 Å². The molecule has 0 aliphatic rings. The van der Waals surface area contributed by atoms with Crippen LogP contribution in [0.15, 0.2) is 48.5 Å². The summed E-state index contributed by atoms with van der Waals surface area (Å²) in [7, 11) is 0. The summed E-state index contributed by atoms with van der Waals surface area (Å²) in [6.45, 7) is 0. The molecule has 0 amide bonds. The van der Waals surface area contributed by atoms with Crippen molar-refractivity contribution in [3.8, 4) is 5.75 Å². The van der Waals surface area contributed by atoms with Crippen molar-refractivity contribution in [3.63, 3.8) is 0 Å². The van der Waals surface area contributed by atoms with Crippen molar-refractivity contribution >= 4 is 34.0 Å². The van der Waals surface area contributed by atoms with Crippen molar-refractivity contribution in [3.05, 3.63) is 52.1 Å². The van der Waals surface area contributed by atoms with E-state index in [0.717, 1.165) is 11.4 Å². The van der Waals surface area contributed by atoms with Crippen molar-refractivity contribution in [2.75, 3.05) is 5.32 Å². The largest absolute Gasteiger partial charge is 0.508 e. The smallest absolute Gasteiger partial charge is 0.117 e. The highest BCUT2D eigenvalue weighted by atomic mass is 127. The molecule has 0 saturated heterocycles. The molecule has 0 spiro atoms. The van der Waals surface area contributed by atoms with E-state index < -0.39 is 0 Å². The number of rotatable bonds is 2. The lowest BCUT2D eigenvalue weighted by Gasteiger charge is -2.06. The molecule has 0 radical (unpaired) electrons. The highest BCUT2D eigenvalue weighted by Gasteiger charge is 1.95. The van der Waals surface area contributed by atoms with Crippen molar-refractivity contribution < 1.29 is 5.11 Å². The molecule has 0 atom stereocenters. The van der Waals surface area contributed by atoms with Crippen LogP contribution in [-0.2, 0) is 0 Å². The first-order valence-electron chi connectivity index (χ1n) is 4.56. The summed E-state index contributed by atoms with van der Waals surface area (Å²) in [6.07, 6.45) is 0. The summed E-state index contributed by atoms with van der Waals surface area (Å²) in [5, 5.41) is 12.5. The molecule has 3 heteroatoms. The van der Waals surface area contributed by atoms with Gasteiger partial charge in [0.15, 0.2) is 0 Å². The molecule has 76 valence electrons. The average Bonchev–Trinajstić information content (AvgIpc) is 2.22. The monoisotopic (exact) mass is 311 g/mol. The van der Waals surface area contributed by atoms with E-state index >= 15 is 0 Å². The molecule has 2 nitrogen and oxygen atoms in total. The number of hydrogen-bond donors (Lipinski definition) is 2. The van der Waals surface area contributed by atoms with Gasteiger partial charge in [-0.3, -0.25) is 0 Å². The minimum Gasteiger partial charge on any atom is -0.508 e. The summed E-state index contributed by atoms with van der Waals surface area (Å²) in [4.78, 5) is 0. The van der Waals surface area contributed by atoms with E-state index in [1.165, 1.54) is 3.57 Å². The van der Waals surface area contributed by atoms with Gasteiger partial charge in [-0.1, -0.05) is 6.07 Å². The molecule has 0 fully saturated rings. The van der Waals surface area contributed by atoms with Crippen molar-refractivity contribution in [1.29, 1.82) is 0 Å². The fraction of sp³-hybridized carbons (Fsp3) is 0. The maximum Gasteiger partial charge on any atom is 0.117 e. The number of phenols is 1. The van der Waals surface area contributed by atoms with Gasteiger partial charge in [-0.05, 0) is 59.0 Å². The van der Waals surface area contributed by atoms with Crippen molar-refractivity contribution in [1.82, 2.24) is 0 Å². The van der Waals surface area contributed by atoms with Crippen molar-refractivity contribution in [2.45, 2.75) is 0 Å². The van der Waals surface area contributed by atoms with Crippen LogP contribution in [-0.4, -0.2) is 5.11 Å². The van der Waals surface area contributed by atoms with Crippen LogP contribution in [0.2, 0.25) is 0 Å². The minimum absolute atomic E-state index is 0.269.